The quantitative estimate of drug-likeness (QED) is 0.815. The average molecular weight is 290 g/mol. The monoisotopic (exact) mass is 290 g/mol. The van der Waals surface area contributed by atoms with Gasteiger partial charge in [0.25, 0.3) is 0 Å². The van der Waals surface area contributed by atoms with E-state index < -0.39 is 0 Å². The van der Waals surface area contributed by atoms with Crippen molar-refractivity contribution < 1.29 is 0 Å². The van der Waals surface area contributed by atoms with Gasteiger partial charge in [0.2, 0.25) is 0 Å². The van der Waals surface area contributed by atoms with Crippen LogP contribution in [0.5, 0.6) is 0 Å². The Morgan fingerprint density at radius 1 is 1.33 bits per heavy atom. The molecule has 0 spiro atoms. The number of piperazine rings is 1. The second kappa shape index (κ2) is 7.76. The molecule has 0 amide bonds. The minimum absolute atomic E-state index is 0.619. The minimum Gasteiger partial charge on any atom is -0.368 e. The highest BCUT2D eigenvalue weighted by molar-refractivity contribution is 5.54. The van der Waals surface area contributed by atoms with E-state index in [0.29, 0.717) is 6.04 Å². The zero-order chi connectivity index (χ0) is 15.2. The summed E-state index contributed by atoms with van der Waals surface area (Å²) in [5.41, 5.74) is 3.80. The zero-order valence-corrected chi connectivity index (χ0v) is 14.0. The molecule has 1 aromatic rings. The maximum atomic E-state index is 4.49. The maximum Gasteiger partial charge on any atom is 0.0446 e. The summed E-state index contributed by atoms with van der Waals surface area (Å²) in [6, 6.07) is 2.87. The number of nitrogens with zero attached hydrogens (tertiary/aromatic N) is 3. The Labute approximate surface area is 129 Å². The Bertz CT molecular complexity index is 446. The number of pyridine rings is 1. The SMILES string of the molecule is CCCNCc1cnc(C)cc1N1CCN(CC)C(C)C1. The van der Waals surface area contributed by atoms with Gasteiger partial charge >= 0.3 is 0 Å². The van der Waals surface area contributed by atoms with Crippen LogP contribution in [0.15, 0.2) is 12.3 Å². The third kappa shape index (κ3) is 4.17. The number of aromatic nitrogens is 1. The summed E-state index contributed by atoms with van der Waals surface area (Å²) in [5, 5.41) is 3.50. The molecule has 0 bridgehead atoms. The molecule has 1 aliphatic rings. The van der Waals surface area contributed by atoms with Crippen molar-refractivity contribution in [2.24, 2.45) is 0 Å². The van der Waals surface area contributed by atoms with Crippen molar-refractivity contribution in [2.75, 3.05) is 37.6 Å². The molecule has 4 heteroatoms. The highest BCUT2D eigenvalue weighted by atomic mass is 15.3. The fourth-order valence-corrected chi connectivity index (χ4v) is 3.09. The number of likely N-dealkylation sites (N-methyl/N-ethyl adjacent to an activating group) is 1. The minimum atomic E-state index is 0.619. The number of hydrogen-bond donors (Lipinski definition) is 1. The van der Waals surface area contributed by atoms with Gasteiger partial charge in [0, 0.05) is 55.4 Å². The normalized spacial score (nSPS) is 20.0. The van der Waals surface area contributed by atoms with Crippen LogP contribution in [0.4, 0.5) is 5.69 Å². The van der Waals surface area contributed by atoms with Crippen molar-refractivity contribution in [1.29, 1.82) is 0 Å². The van der Waals surface area contributed by atoms with E-state index >= 15 is 0 Å². The van der Waals surface area contributed by atoms with Gasteiger partial charge in [-0.3, -0.25) is 9.88 Å². The Kier molecular flexibility index (Phi) is 6.00. The molecule has 1 aliphatic heterocycles. The topological polar surface area (TPSA) is 31.4 Å². The van der Waals surface area contributed by atoms with Gasteiger partial charge in [-0.1, -0.05) is 13.8 Å². The average Bonchev–Trinajstić information content (AvgIpc) is 2.49. The van der Waals surface area contributed by atoms with Gasteiger partial charge in [-0.25, -0.2) is 0 Å². The molecule has 0 saturated carbocycles. The first-order valence-electron chi connectivity index (χ1n) is 8.31. The molecule has 0 radical (unpaired) electrons. The summed E-state index contributed by atoms with van der Waals surface area (Å²) in [5.74, 6) is 0. The molecule has 2 rings (SSSR count). The summed E-state index contributed by atoms with van der Waals surface area (Å²) in [6.07, 6.45) is 3.21. The Morgan fingerprint density at radius 3 is 2.81 bits per heavy atom. The van der Waals surface area contributed by atoms with Crippen molar-refractivity contribution >= 4 is 5.69 Å². The first-order valence-corrected chi connectivity index (χ1v) is 8.31. The highest BCUT2D eigenvalue weighted by Crippen LogP contribution is 2.24. The molecular formula is C17H30N4. The Morgan fingerprint density at radius 2 is 2.14 bits per heavy atom. The Balaban J connectivity index is 2.12. The molecule has 1 aromatic heterocycles. The lowest BCUT2D eigenvalue weighted by Crippen LogP contribution is -2.52. The summed E-state index contributed by atoms with van der Waals surface area (Å²) >= 11 is 0. The van der Waals surface area contributed by atoms with Crippen molar-refractivity contribution in [1.82, 2.24) is 15.2 Å². The molecule has 21 heavy (non-hydrogen) atoms. The molecule has 1 unspecified atom stereocenters. The second-order valence-corrected chi connectivity index (χ2v) is 6.05. The van der Waals surface area contributed by atoms with E-state index in [2.05, 4.69) is 53.9 Å². The van der Waals surface area contributed by atoms with Crippen LogP contribution in [0.1, 0.15) is 38.4 Å². The molecule has 0 aromatic carbocycles. The number of anilines is 1. The molecule has 1 atom stereocenters. The van der Waals surface area contributed by atoms with Gasteiger partial charge in [0.15, 0.2) is 0 Å². The fourth-order valence-electron chi connectivity index (χ4n) is 3.09. The summed E-state index contributed by atoms with van der Waals surface area (Å²) in [6.45, 7) is 15.4. The van der Waals surface area contributed by atoms with Gasteiger partial charge < -0.3 is 10.2 Å². The van der Waals surface area contributed by atoms with Crippen LogP contribution < -0.4 is 10.2 Å². The molecule has 1 N–H and O–H groups in total. The standard InChI is InChI=1S/C17H30N4/c1-5-7-18-11-16-12-19-14(3)10-17(16)21-9-8-20(6-2)15(4)13-21/h10,12,15,18H,5-9,11,13H2,1-4H3. The van der Waals surface area contributed by atoms with E-state index in [9.17, 15) is 0 Å². The molecule has 118 valence electrons. The highest BCUT2D eigenvalue weighted by Gasteiger charge is 2.24. The lowest BCUT2D eigenvalue weighted by Gasteiger charge is -2.41. The van der Waals surface area contributed by atoms with Gasteiger partial charge in [-0.15, -0.1) is 0 Å². The maximum absolute atomic E-state index is 4.49. The summed E-state index contributed by atoms with van der Waals surface area (Å²) in [7, 11) is 0. The van der Waals surface area contributed by atoms with Crippen LogP contribution in [0.3, 0.4) is 0 Å². The smallest absolute Gasteiger partial charge is 0.0446 e. The lowest BCUT2D eigenvalue weighted by molar-refractivity contribution is 0.199. The predicted octanol–water partition coefficient (Wildman–Crippen LogP) is 2.42. The molecular weight excluding hydrogens is 260 g/mol. The van der Waals surface area contributed by atoms with Crippen LogP contribution >= 0.6 is 0 Å². The largest absolute Gasteiger partial charge is 0.368 e. The van der Waals surface area contributed by atoms with Crippen molar-refractivity contribution in [3.8, 4) is 0 Å². The van der Waals surface area contributed by atoms with Crippen LogP contribution in [-0.2, 0) is 6.54 Å². The van der Waals surface area contributed by atoms with E-state index in [1.807, 2.05) is 6.20 Å². The van der Waals surface area contributed by atoms with E-state index in [-0.39, 0.29) is 0 Å². The number of rotatable bonds is 6. The third-order valence-corrected chi connectivity index (χ3v) is 4.35. The van der Waals surface area contributed by atoms with Crippen LogP contribution in [-0.4, -0.2) is 48.6 Å². The van der Waals surface area contributed by atoms with Gasteiger partial charge in [-0.05, 0) is 39.4 Å². The molecule has 1 fully saturated rings. The number of nitrogens with one attached hydrogen (secondary N) is 1. The van der Waals surface area contributed by atoms with Gasteiger partial charge in [0.05, 0.1) is 0 Å². The zero-order valence-electron chi connectivity index (χ0n) is 14.0. The van der Waals surface area contributed by atoms with Crippen molar-refractivity contribution in [3.63, 3.8) is 0 Å². The first-order chi connectivity index (χ1) is 10.2. The lowest BCUT2D eigenvalue weighted by atomic mass is 10.1. The molecule has 1 saturated heterocycles. The fraction of sp³-hybridized carbons (Fsp3) is 0.706. The molecule has 0 aliphatic carbocycles. The van der Waals surface area contributed by atoms with Crippen LogP contribution in [0.2, 0.25) is 0 Å². The molecule has 4 nitrogen and oxygen atoms in total. The van der Waals surface area contributed by atoms with Crippen molar-refractivity contribution in [2.45, 2.75) is 46.7 Å². The second-order valence-electron chi connectivity index (χ2n) is 6.05. The number of hydrogen-bond acceptors (Lipinski definition) is 4. The van der Waals surface area contributed by atoms with E-state index in [0.717, 1.165) is 45.0 Å². The van der Waals surface area contributed by atoms with Gasteiger partial charge in [-0.2, -0.15) is 0 Å². The summed E-state index contributed by atoms with van der Waals surface area (Å²) < 4.78 is 0. The molecule has 2 heterocycles. The van der Waals surface area contributed by atoms with Crippen molar-refractivity contribution in [3.05, 3.63) is 23.5 Å². The third-order valence-electron chi connectivity index (χ3n) is 4.35. The van der Waals surface area contributed by atoms with Crippen LogP contribution in [0.25, 0.3) is 0 Å². The van der Waals surface area contributed by atoms with E-state index in [1.165, 1.54) is 17.7 Å². The number of aryl methyl sites for hydroxylation is 1. The van der Waals surface area contributed by atoms with E-state index in [1.54, 1.807) is 0 Å². The van der Waals surface area contributed by atoms with Gasteiger partial charge in [0.1, 0.15) is 0 Å². The van der Waals surface area contributed by atoms with E-state index in [4.69, 9.17) is 0 Å². The first kappa shape index (κ1) is 16.2. The Hall–Kier alpha value is -1.13. The van der Waals surface area contributed by atoms with Crippen LogP contribution in [0, 0.1) is 6.92 Å². The predicted molar refractivity (Wildman–Crippen MR) is 89.9 cm³/mol. The summed E-state index contributed by atoms with van der Waals surface area (Å²) in [4.78, 5) is 9.58.